The quantitative estimate of drug-likeness (QED) is 0.0524. The number of nitrogens with zero attached hydrogens (tertiary/aromatic N) is 2. The highest BCUT2D eigenvalue weighted by molar-refractivity contribution is 7.80. The molecular formula is C29H44N10O11S2. The van der Waals surface area contributed by atoms with Crippen molar-refractivity contribution in [3.05, 3.63) is 18.2 Å². The highest BCUT2D eigenvalue weighted by Gasteiger charge is 2.38. The molecule has 0 saturated carbocycles. The Bertz CT molecular complexity index is 1470. The molecule has 1 aliphatic heterocycles. The number of hydrogen-bond donors (Lipinski definition) is 12. The molecular weight excluding hydrogens is 729 g/mol. The molecule has 1 aromatic rings. The average molecular weight is 773 g/mol. The van der Waals surface area contributed by atoms with Crippen molar-refractivity contribution >= 4 is 78.5 Å². The fraction of sp³-hybridized carbons (Fsp3) is 0.586. The van der Waals surface area contributed by atoms with E-state index in [1.54, 1.807) is 0 Å². The molecule has 0 bridgehead atoms. The van der Waals surface area contributed by atoms with E-state index in [9.17, 15) is 48.3 Å². The zero-order valence-corrected chi connectivity index (χ0v) is 29.9. The molecule has 0 spiro atoms. The van der Waals surface area contributed by atoms with E-state index in [4.69, 9.17) is 10.8 Å². The number of carbonyl (C=O) groups is 9. The van der Waals surface area contributed by atoms with Crippen LogP contribution in [0.2, 0.25) is 0 Å². The van der Waals surface area contributed by atoms with E-state index < -0.39 is 109 Å². The van der Waals surface area contributed by atoms with Crippen LogP contribution < -0.4 is 37.6 Å². The number of aromatic nitrogens is 2. The van der Waals surface area contributed by atoms with E-state index in [0.29, 0.717) is 18.5 Å². The fourth-order valence-corrected chi connectivity index (χ4v) is 5.52. The lowest BCUT2D eigenvalue weighted by molar-refractivity contribution is -0.143. The van der Waals surface area contributed by atoms with Gasteiger partial charge in [0.2, 0.25) is 41.4 Å². The van der Waals surface area contributed by atoms with Gasteiger partial charge in [-0.25, -0.2) is 9.78 Å². The number of thiol groups is 2. The number of aliphatic carboxylic acids is 2. The summed E-state index contributed by atoms with van der Waals surface area (Å²) in [5.41, 5.74) is 5.67. The van der Waals surface area contributed by atoms with E-state index in [2.05, 4.69) is 67.1 Å². The van der Waals surface area contributed by atoms with Gasteiger partial charge in [-0.3, -0.25) is 38.4 Å². The van der Waals surface area contributed by atoms with E-state index in [1.807, 2.05) is 0 Å². The SMILES string of the molecule is C[C@H](NC(=O)CN)C(=O)N1CCC[C@H]1C(=O)N[C@@H](CS)C(=O)NCC(=O)N[C@@H](CS)C(=O)N[C@@H](Cc1cnc[nH]1)C(=O)N[C@@H](CCC(=O)O)C(=O)O. The molecule has 2 heterocycles. The molecule has 0 radical (unpaired) electrons. The average Bonchev–Trinajstić information content (AvgIpc) is 3.82. The van der Waals surface area contributed by atoms with Crippen molar-refractivity contribution in [3.63, 3.8) is 0 Å². The Labute approximate surface area is 308 Å². The van der Waals surface area contributed by atoms with Gasteiger partial charge in [-0.15, -0.1) is 0 Å². The van der Waals surface area contributed by atoms with Crippen molar-refractivity contribution < 1.29 is 53.4 Å². The van der Waals surface area contributed by atoms with Gasteiger partial charge in [-0.2, -0.15) is 25.3 Å². The first-order chi connectivity index (χ1) is 24.6. The minimum Gasteiger partial charge on any atom is -0.481 e. The maximum absolute atomic E-state index is 13.1. The summed E-state index contributed by atoms with van der Waals surface area (Å²) in [5, 5.41) is 32.6. The van der Waals surface area contributed by atoms with Gasteiger partial charge in [-0.1, -0.05) is 0 Å². The molecule has 21 nitrogen and oxygen atoms in total. The summed E-state index contributed by atoms with van der Waals surface area (Å²) in [6.45, 7) is 0.745. The second-order valence-corrected chi connectivity index (χ2v) is 12.4. The first-order valence-electron chi connectivity index (χ1n) is 16.0. The zero-order valence-electron chi connectivity index (χ0n) is 28.1. The van der Waals surface area contributed by atoms with Gasteiger partial charge in [0.25, 0.3) is 0 Å². The van der Waals surface area contributed by atoms with E-state index in [-0.39, 0.29) is 31.0 Å². The Morgan fingerprint density at radius 3 is 2.12 bits per heavy atom. The Morgan fingerprint density at radius 1 is 0.904 bits per heavy atom. The maximum atomic E-state index is 13.1. The van der Waals surface area contributed by atoms with Crippen LogP contribution in [0.4, 0.5) is 0 Å². The van der Waals surface area contributed by atoms with Gasteiger partial charge in [0.05, 0.1) is 19.4 Å². The van der Waals surface area contributed by atoms with Crippen LogP contribution in [0.3, 0.4) is 0 Å². The summed E-state index contributed by atoms with van der Waals surface area (Å²) in [6, 6.07) is -7.37. The topological polar surface area (TPSA) is 324 Å². The largest absolute Gasteiger partial charge is 0.481 e. The lowest BCUT2D eigenvalue weighted by Gasteiger charge is -2.28. The zero-order chi connectivity index (χ0) is 39.0. The molecule has 52 heavy (non-hydrogen) atoms. The van der Waals surface area contributed by atoms with E-state index >= 15 is 0 Å². The monoisotopic (exact) mass is 772 g/mol. The van der Waals surface area contributed by atoms with Crippen molar-refractivity contribution in [3.8, 4) is 0 Å². The molecule has 0 aromatic carbocycles. The second-order valence-electron chi connectivity index (χ2n) is 11.6. The number of nitrogens with two attached hydrogens (primary N) is 1. The molecule has 1 fully saturated rings. The molecule has 0 aliphatic carbocycles. The molecule has 1 saturated heterocycles. The number of imidazole rings is 1. The number of likely N-dealkylation sites (tertiary alicyclic amines) is 1. The minimum atomic E-state index is -1.57. The highest BCUT2D eigenvalue weighted by atomic mass is 32.1. The number of carboxylic acid groups (broad SMARTS) is 2. The number of H-pyrrole nitrogens is 1. The Kier molecular flexibility index (Phi) is 17.9. The number of carbonyl (C=O) groups excluding carboxylic acids is 7. The maximum Gasteiger partial charge on any atom is 0.326 e. The van der Waals surface area contributed by atoms with E-state index in [0.717, 1.165) is 0 Å². The molecule has 1 aliphatic rings. The van der Waals surface area contributed by atoms with Crippen LogP contribution in [-0.4, -0.2) is 146 Å². The summed E-state index contributed by atoms with van der Waals surface area (Å²) in [6.07, 6.45) is 2.34. The van der Waals surface area contributed by atoms with Crippen LogP contribution in [0, 0.1) is 0 Å². The smallest absolute Gasteiger partial charge is 0.326 e. The standard InChI is InChI=1S/C29H44N10O11S2/c1-14(34-21(40)8-30)28(48)39-6-2-3-20(39)27(47)38-18(11-51)24(44)32-10-22(41)35-19(12-52)26(46)37-17(7-15-9-31-13-33-15)25(45)36-16(29(49)50)4-5-23(42)43/h9,13-14,16-20,51-52H,2-8,10-12,30H2,1H3,(H,31,33)(H,32,44)(H,34,40)(H,35,41)(H,36,45)(H,37,46)(H,38,47)(H,42,43)(H,49,50)/t14-,16-,17-,18-,19-,20-/m0/s1. The molecule has 7 amide bonds. The lowest BCUT2D eigenvalue weighted by atomic mass is 10.1. The number of nitrogens with one attached hydrogen (secondary N) is 7. The van der Waals surface area contributed by atoms with E-state index in [1.165, 1.54) is 24.3 Å². The normalized spacial score (nSPS) is 16.6. The summed E-state index contributed by atoms with van der Waals surface area (Å²) in [4.78, 5) is 120. The Hall–Kier alpha value is -4.90. The molecule has 288 valence electrons. The predicted octanol–water partition coefficient (Wildman–Crippen LogP) is -4.73. The van der Waals surface area contributed by atoms with Crippen molar-refractivity contribution in [1.29, 1.82) is 0 Å². The Morgan fingerprint density at radius 2 is 1.54 bits per heavy atom. The van der Waals surface area contributed by atoms with Crippen molar-refractivity contribution in [2.24, 2.45) is 5.73 Å². The Balaban J connectivity index is 1.99. The van der Waals surface area contributed by atoms with Gasteiger partial charge in [0.15, 0.2) is 0 Å². The molecule has 6 atom stereocenters. The van der Waals surface area contributed by atoms with Crippen LogP contribution >= 0.6 is 25.3 Å². The number of amides is 7. The number of rotatable bonds is 21. The van der Waals surface area contributed by atoms with Gasteiger partial charge < -0.3 is 57.7 Å². The lowest BCUT2D eigenvalue weighted by Crippen LogP contribution is -2.58. The van der Waals surface area contributed by atoms with Crippen LogP contribution in [0.1, 0.15) is 38.3 Å². The first kappa shape index (κ1) is 43.3. The fourth-order valence-electron chi connectivity index (χ4n) is 5.00. The summed E-state index contributed by atoms with van der Waals surface area (Å²) >= 11 is 8.20. The van der Waals surface area contributed by atoms with Crippen molar-refractivity contribution in [1.82, 2.24) is 46.8 Å². The molecule has 11 N–H and O–H groups in total. The van der Waals surface area contributed by atoms with Crippen molar-refractivity contribution in [2.75, 3.05) is 31.1 Å². The van der Waals surface area contributed by atoms with Crippen LogP contribution in [-0.2, 0) is 49.6 Å². The third kappa shape index (κ3) is 13.7. The molecule has 23 heteroatoms. The summed E-state index contributed by atoms with van der Waals surface area (Å²) in [5.74, 6) is -8.36. The number of carboxylic acids is 2. The molecule has 2 rings (SSSR count). The third-order valence-electron chi connectivity index (χ3n) is 7.72. The summed E-state index contributed by atoms with van der Waals surface area (Å²) in [7, 11) is 0. The van der Waals surface area contributed by atoms with Gasteiger partial charge in [0, 0.05) is 42.8 Å². The van der Waals surface area contributed by atoms with Gasteiger partial charge in [-0.05, 0) is 26.2 Å². The third-order valence-corrected chi connectivity index (χ3v) is 8.45. The first-order valence-corrected chi connectivity index (χ1v) is 17.3. The van der Waals surface area contributed by atoms with Crippen LogP contribution in [0.5, 0.6) is 0 Å². The second kappa shape index (κ2) is 21.5. The predicted molar refractivity (Wildman–Crippen MR) is 187 cm³/mol. The van der Waals surface area contributed by atoms with Crippen LogP contribution in [0.25, 0.3) is 0 Å². The minimum absolute atomic E-state index is 0.177. The van der Waals surface area contributed by atoms with Gasteiger partial charge in [0.1, 0.15) is 36.3 Å². The van der Waals surface area contributed by atoms with Crippen LogP contribution in [0.15, 0.2) is 12.5 Å². The summed E-state index contributed by atoms with van der Waals surface area (Å²) < 4.78 is 0. The molecule has 0 unspecified atom stereocenters. The van der Waals surface area contributed by atoms with Crippen molar-refractivity contribution in [2.45, 2.75) is 75.3 Å². The van der Waals surface area contributed by atoms with Gasteiger partial charge >= 0.3 is 11.9 Å². The highest BCUT2D eigenvalue weighted by Crippen LogP contribution is 2.19. The molecule has 1 aromatic heterocycles. The number of aromatic amines is 1. The number of hydrogen-bond acceptors (Lipinski definition) is 13.